The number of carbonyl (C=O) groups is 1. The second-order valence-electron chi connectivity index (χ2n) is 8.27. The number of halogens is 1. The monoisotopic (exact) mass is 514 g/mol. The molecule has 0 aliphatic rings. The summed E-state index contributed by atoms with van der Waals surface area (Å²) in [6, 6.07) is 18.1. The number of pyridine rings is 1. The summed E-state index contributed by atoms with van der Waals surface area (Å²) in [4.78, 5) is 17.4. The van der Waals surface area contributed by atoms with Crippen molar-refractivity contribution in [2.24, 2.45) is 0 Å². The molecule has 1 amide bonds. The summed E-state index contributed by atoms with van der Waals surface area (Å²) < 4.78 is 4.43. The zero-order valence-corrected chi connectivity index (χ0v) is 20.5. The third kappa shape index (κ3) is 4.63. The lowest BCUT2D eigenvalue weighted by Gasteiger charge is -2.09. The number of fused-ring (bicyclic) bond motifs is 1. The maximum Gasteiger partial charge on any atom is 0.246 e. The Bertz CT molecular complexity index is 1490. The summed E-state index contributed by atoms with van der Waals surface area (Å²) in [7, 11) is 0. The predicted molar refractivity (Wildman–Crippen MR) is 137 cm³/mol. The number of amides is 1. The lowest BCUT2D eigenvalue weighted by molar-refractivity contribution is -0.116. The minimum absolute atomic E-state index is 0.0744. The number of anilines is 1. The minimum Gasteiger partial charge on any atom is -0.324 e. The van der Waals surface area contributed by atoms with Gasteiger partial charge in [-0.05, 0) is 64.7 Å². The van der Waals surface area contributed by atoms with Gasteiger partial charge in [-0.25, -0.2) is 9.67 Å². The van der Waals surface area contributed by atoms with Crippen molar-refractivity contribution in [1.29, 1.82) is 0 Å². The van der Waals surface area contributed by atoms with Crippen LogP contribution in [0, 0.1) is 13.8 Å². The van der Waals surface area contributed by atoms with Gasteiger partial charge in [0.1, 0.15) is 6.54 Å². The van der Waals surface area contributed by atoms with Gasteiger partial charge >= 0.3 is 0 Å². The predicted octanol–water partition coefficient (Wildman–Crippen LogP) is 5.36. The maximum atomic E-state index is 12.9. The molecule has 0 unspecified atom stereocenters. The Morgan fingerprint density at radius 1 is 1.09 bits per heavy atom. The van der Waals surface area contributed by atoms with Crippen molar-refractivity contribution >= 4 is 38.6 Å². The summed E-state index contributed by atoms with van der Waals surface area (Å²) in [6.45, 7) is 4.71. The SMILES string of the molecule is Cc1ccc(-c2ccnc3c2c(C)nn3CC(=O)Nc2cccc(Cn3cc(Br)cn3)c2)cc1. The molecule has 0 aliphatic heterocycles. The van der Waals surface area contributed by atoms with E-state index in [-0.39, 0.29) is 12.5 Å². The van der Waals surface area contributed by atoms with Gasteiger partial charge in [-0.2, -0.15) is 10.2 Å². The van der Waals surface area contributed by atoms with Gasteiger partial charge < -0.3 is 5.32 Å². The Hall–Kier alpha value is -3.78. The lowest BCUT2D eigenvalue weighted by Crippen LogP contribution is -2.20. The van der Waals surface area contributed by atoms with E-state index >= 15 is 0 Å². The Morgan fingerprint density at radius 3 is 2.68 bits per heavy atom. The van der Waals surface area contributed by atoms with Gasteiger partial charge in [0.15, 0.2) is 5.65 Å². The van der Waals surface area contributed by atoms with Crippen molar-refractivity contribution in [2.45, 2.75) is 26.9 Å². The normalized spacial score (nSPS) is 11.1. The Morgan fingerprint density at radius 2 is 1.91 bits per heavy atom. The number of rotatable bonds is 6. The van der Waals surface area contributed by atoms with E-state index in [0.717, 1.165) is 37.9 Å². The first-order valence-electron chi connectivity index (χ1n) is 10.9. The molecule has 5 rings (SSSR count). The molecule has 0 saturated heterocycles. The Kier molecular flexibility index (Phi) is 5.98. The third-order valence-corrected chi connectivity index (χ3v) is 6.03. The fourth-order valence-corrected chi connectivity index (χ4v) is 4.39. The lowest BCUT2D eigenvalue weighted by atomic mass is 10.0. The summed E-state index contributed by atoms with van der Waals surface area (Å²) in [5.74, 6) is -0.161. The van der Waals surface area contributed by atoms with Gasteiger partial charge in [0.2, 0.25) is 5.91 Å². The van der Waals surface area contributed by atoms with Crippen LogP contribution in [-0.4, -0.2) is 30.5 Å². The van der Waals surface area contributed by atoms with Gasteiger partial charge in [-0.15, -0.1) is 0 Å². The molecule has 0 atom stereocenters. The van der Waals surface area contributed by atoms with Gasteiger partial charge in [-0.3, -0.25) is 9.48 Å². The molecule has 0 fully saturated rings. The second kappa shape index (κ2) is 9.23. The molecular weight excluding hydrogens is 492 g/mol. The molecule has 7 nitrogen and oxygen atoms in total. The third-order valence-electron chi connectivity index (χ3n) is 5.62. The number of hydrogen-bond donors (Lipinski definition) is 1. The number of carbonyl (C=O) groups excluding carboxylic acids is 1. The highest BCUT2D eigenvalue weighted by atomic mass is 79.9. The van der Waals surface area contributed by atoms with Gasteiger partial charge in [0.05, 0.1) is 22.9 Å². The van der Waals surface area contributed by atoms with Crippen LogP contribution < -0.4 is 5.32 Å². The number of nitrogens with zero attached hydrogens (tertiary/aromatic N) is 5. The van der Waals surface area contributed by atoms with Crippen LogP contribution in [0.25, 0.3) is 22.2 Å². The topological polar surface area (TPSA) is 77.6 Å². The van der Waals surface area contributed by atoms with E-state index in [1.54, 1.807) is 17.1 Å². The highest BCUT2D eigenvalue weighted by Gasteiger charge is 2.16. The zero-order chi connectivity index (χ0) is 23.7. The first kappa shape index (κ1) is 22.0. The van der Waals surface area contributed by atoms with Crippen molar-refractivity contribution in [3.8, 4) is 11.1 Å². The summed E-state index contributed by atoms with van der Waals surface area (Å²) in [5.41, 5.74) is 6.69. The van der Waals surface area contributed by atoms with Crippen LogP contribution in [0.2, 0.25) is 0 Å². The van der Waals surface area contributed by atoms with Crippen LogP contribution in [0.3, 0.4) is 0 Å². The van der Waals surface area contributed by atoms with Crippen LogP contribution in [0.15, 0.2) is 77.7 Å². The smallest absolute Gasteiger partial charge is 0.246 e. The molecule has 0 aliphatic carbocycles. The molecule has 1 N–H and O–H groups in total. The maximum absolute atomic E-state index is 12.9. The standard InChI is InChI=1S/C26H23BrN6O/c1-17-6-8-20(9-7-17)23-10-11-28-26-25(23)18(2)31-33(26)16-24(34)30-22-5-3-4-19(12-22)14-32-15-21(27)13-29-32/h3-13,15H,14,16H2,1-2H3,(H,30,34). The van der Waals surface area contributed by atoms with Crippen LogP contribution >= 0.6 is 15.9 Å². The summed E-state index contributed by atoms with van der Waals surface area (Å²) in [5, 5.41) is 12.9. The van der Waals surface area contributed by atoms with Crippen LogP contribution in [0.1, 0.15) is 16.8 Å². The van der Waals surface area contributed by atoms with E-state index in [1.807, 2.05) is 48.1 Å². The van der Waals surface area contributed by atoms with Gasteiger partial charge in [-0.1, -0.05) is 42.0 Å². The Balaban J connectivity index is 1.36. The fourth-order valence-electron chi connectivity index (χ4n) is 4.06. The summed E-state index contributed by atoms with van der Waals surface area (Å²) >= 11 is 3.41. The fraction of sp³-hybridized carbons (Fsp3) is 0.154. The van der Waals surface area contributed by atoms with Crippen LogP contribution in [-0.2, 0) is 17.9 Å². The molecule has 0 spiro atoms. The zero-order valence-electron chi connectivity index (χ0n) is 18.9. The highest BCUT2D eigenvalue weighted by Crippen LogP contribution is 2.30. The van der Waals surface area contributed by atoms with Crippen molar-refractivity contribution in [1.82, 2.24) is 24.5 Å². The van der Waals surface area contributed by atoms with Gasteiger partial charge in [0.25, 0.3) is 0 Å². The number of hydrogen-bond acceptors (Lipinski definition) is 4. The van der Waals surface area contributed by atoms with E-state index in [9.17, 15) is 4.79 Å². The quantitative estimate of drug-likeness (QED) is 0.330. The molecular formula is C26H23BrN6O. The molecule has 0 bridgehead atoms. The largest absolute Gasteiger partial charge is 0.324 e. The first-order valence-corrected chi connectivity index (χ1v) is 11.7. The van der Waals surface area contributed by atoms with E-state index in [2.05, 4.69) is 67.6 Å². The van der Waals surface area contributed by atoms with Gasteiger partial charge in [0, 0.05) is 23.5 Å². The van der Waals surface area contributed by atoms with Crippen LogP contribution in [0.5, 0.6) is 0 Å². The first-order chi connectivity index (χ1) is 16.5. The number of benzene rings is 2. The van der Waals surface area contributed by atoms with Crippen molar-refractivity contribution < 1.29 is 4.79 Å². The van der Waals surface area contributed by atoms with E-state index < -0.39 is 0 Å². The molecule has 3 heterocycles. The summed E-state index contributed by atoms with van der Waals surface area (Å²) in [6.07, 6.45) is 5.43. The molecule has 5 aromatic rings. The molecule has 170 valence electrons. The molecule has 2 aromatic carbocycles. The Labute approximate surface area is 205 Å². The van der Waals surface area contributed by atoms with Crippen LogP contribution in [0.4, 0.5) is 5.69 Å². The highest BCUT2D eigenvalue weighted by molar-refractivity contribution is 9.10. The molecule has 0 radical (unpaired) electrons. The number of nitrogens with one attached hydrogen (secondary N) is 1. The van der Waals surface area contributed by atoms with Crippen molar-refractivity contribution in [2.75, 3.05) is 5.32 Å². The number of aryl methyl sites for hydroxylation is 2. The van der Waals surface area contributed by atoms with E-state index in [1.165, 1.54) is 5.56 Å². The van der Waals surface area contributed by atoms with Crippen molar-refractivity contribution in [3.05, 3.63) is 94.5 Å². The van der Waals surface area contributed by atoms with E-state index in [4.69, 9.17) is 0 Å². The van der Waals surface area contributed by atoms with Crippen molar-refractivity contribution in [3.63, 3.8) is 0 Å². The molecule has 34 heavy (non-hydrogen) atoms. The molecule has 8 heteroatoms. The number of aromatic nitrogens is 5. The second-order valence-corrected chi connectivity index (χ2v) is 9.19. The average molecular weight is 515 g/mol. The molecule has 0 saturated carbocycles. The average Bonchev–Trinajstić information content (AvgIpc) is 3.37. The molecule has 3 aromatic heterocycles. The minimum atomic E-state index is -0.161. The van der Waals surface area contributed by atoms with E-state index in [0.29, 0.717) is 12.2 Å².